The van der Waals surface area contributed by atoms with E-state index in [1.807, 2.05) is 6.92 Å². The van der Waals surface area contributed by atoms with Crippen LogP contribution in [0, 0.1) is 0 Å². The van der Waals surface area contributed by atoms with E-state index in [1.54, 1.807) is 7.05 Å². The Morgan fingerprint density at radius 2 is 2.11 bits per heavy atom. The van der Waals surface area contributed by atoms with Gasteiger partial charge in [0.05, 0.1) is 17.1 Å². The Morgan fingerprint density at radius 3 is 2.72 bits per heavy atom. The molecule has 98 valence electrons. The van der Waals surface area contributed by atoms with Gasteiger partial charge in [0.25, 0.3) is 5.91 Å². The van der Waals surface area contributed by atoms with Gasteiger partial charge in [-0.1, -0.05) is 23.2 Å². The van der Waals surface area contributed by atoms with Gasteiger partial charge >= 0.3 is 0 Å². The van der Waals surface area contributed by atoms with Crippen molar-refractivity contribution >= 4 is 35.0 Å². The second kappa shape index (κ2) is 6.56. The maximum Gasteiger partial charge on any atom is 0.253 e. The zero-order valence-corrected chi connectivity index (χ0v) is 11.5. The predicted molar refractivity (Wildman–Crippen MR) is 69.9 cm³/mol. The van der Waals surface area contributed by atoms with Gasteiger partial charge in [0.1, 0.15) is 5.15 Å². The molecule has 1 heterocycles. The maximum atomic E-state index is 11.8. The van der Waals surface area contributed by atoms with Crippen LogP contribution in [0.1, 0.15) is 17.3 Å². The summed E-state index contributed by atoms with van der Waals surface area (Å²) >= 11 is 11.5. The molecule has 0 spiro atoms. The summed E-state index contributed by atoms with van der Waals surface area (Å²) in [6.07, 6.45) is 1.29. The molecular formula is C11H13Cl2N3O2. The molecule has 5 nitrogen and oxygen atoms in total. The third-order valence-corrected chi connectivity index (χ3v) is 2.87. The zero-order valence-electron chi connectivity index (χ0n) is 10.0. The van der Waals surface area contributed by atoms with E-state index in [9.17, 15) is 9.59 Å². The summed E-state index contributed by atoms with van der Waals surface area (Å²) in [6, 6.07) is 1.35. The Kier molecular flexibility index (Phi) is 5.37. The van der Waals surface area contributed by atoms with E-state index < -0.39 is 5.91 Å². The number of amides is 2. The smallest absolute Gasteiger partial charge is 0.253 e. The van der Waals surface area contributed by atoms with E-state index in [-0.39, 0.29) is 28.2 Å². The molecule has 0 atom stereocenters. The van der Waals surface area contributed by atoms with Crippen molar-refractivity contribution in [1.82, 2.24) is 15.2 Å². The molecule has 0 aliphatic heterocycles. The largest absolute Gasteiger partial charge is 0.345 e. The number of carbonyl (C=O) groups excluding carboxylic acids is 2. The van der Waals surface area contributed by atoms with Crippen molar-refractivity contribution in [3.8, 4) is 0 Å². The summed E-state index contributed by atoms with van der Waals surface area (Å²) < 4.78 is 0. The Labute approximate surface area is 115 Å². The van der Waals surface area contributed by atoms with Crippen molar-refractivity contribution in [1.29, 1.82) is 0 Å². The standard InChI is InChI=1S/C11H13Cl2N3O2/c1-3-16(2)10(17)6-15-11(18)7-4-9(13)14-5-8(7)12/h4-5H,3,6H2,1-2H3,(H,15,18). The van der Waals surface area contributed by atoms with Crippen LogP contribution >= 0.6 is 23.2 Å². The van der Waals surface area contributed by atoms with Crippen LogP contribution in [0.3, 0.4) is 0 Å². The van der Waals surface area contributed by atoms with Crippen LogP contribution < -0.4 is 5.32 Å². The summed E-state index contributed by atoms with van der Waals surface area (Å²) in [5.41, 5.74) is 0.198. The van der Waals surface area contributed by atoms with E-state index in [2.05, 4.69) is 10.3 Å². The number of carbonyl (C=O) groups is 2. The Bertz CT molecular complexity index is 466. The van der Waals surface area contributed by atoms with Crippen molar-refractivity contribution in [3.05, 3.63) is 28.0 Å². The van der Waals surface area contributed by atoms with Gasteiger partial charge in [0.15, 0.2) is 0 Å². The highest BCUT2D eigenvalue weighted by Crippen LogP contribution is 2.17. The van der Waals surface area contributed by atoms with E-state index in [4.69, 9.17) is 23.2 Å². The first kappa shape index (κ1) is 14.7. The number of hydrogen-bond acceptors (Lipinski definition) is 3. The molecule has 0 bridgehead atoms. The first-order valence-electron chi connectivity index (χ1n) is 5.29. The number of hydrogen-bond donors (Lipinski definition) is 1. The molecule has 1 aromatic rings. The molecule has 0 saturated heterocycles. The monoisotopic (exact) mass is 289 g/mol. The quantitative estimate of drug-likeness (QED) is 0.857. The van der Waals surface area contributed by atoms with Crippen LogP contribution in [-0.4, -0.2) is 41.8 Å². The topological polar surface area (TPSA) is 62.3 Å². The van der Waals surface area contributed by atoms with Gasteiger partial charge in [-0.2, -0.15) is 0 Å². The second-order valence-electron chi connectivity index (χ2n) is 3.58. The second-order valence-corrected chi connectivity index (χ2v) is 4.37. The first-order valence-corrected chi connectivity index (χ1v) is 6.04. The van der Waals surface area contributed by atoms with Crippen LogP contribution in [0.15, 0.2) is 12.3 Å². The van der Waals surface area contributed by atoms with Crippen molar-refractivity contribution in [3.63, 3.8) is 0 Å². The molecule has 1 aromatic heterocycles. The first-order chi connectivity index (χ1) is 8.45. The van der Waals surface area contributed by atoms with Crippen molar-refractivity contribution < 1.29 is 9.59 Å². The van der Waals surface area contributed by atoms with Gasteiger partial charge in [-0.25, -0.2) is 4.98 Å². The lowest BCUT2D eigenvalue weighted by Crippen LogP contribution is -2.38. The van der Waals surface area contributed by atoms with Crippen LogP contribution in [0.5, 0.6) is 0 Å². The molecule has 2 amide bonds. The van der Waals surface area contributed by atoms with Crippen molar-refractivity contribution in [2.45, 2.75) is 6.92 Å². The van der Waals surface area contributed by atoms with E-state index >= 15 is 0 Å². The lowest BCUT2D eigenvalue weighted by molar-refractivity contribution is -0.128. The molecule has 0 fully saturated rings. The number of nitrogens with one attached hydrogen (secondary N) is 1. The molecule has 0 unspecified atom stereocenters. The molecule has 0 aliphatic carbocycles. The predicted octanol–water partition coefficient (Wildman–Crippen LogP) is 1.60. The molecule has 0 aromatic carbocycles. The van der Waals surface area contributed by atoms with E-state index in [1.165, 1.54) is 17.2 Å². The summed E-state index contributed by atoms with van der Waals surface area (Å²) in [4.78, 5) is 28.5. The number of pyridine rings is 1. The number of nitrogens with zero attached hydrogens (tertiary/aromatic N) is 2. The normalized spacial score (nSPS) is 10.0. The van der Waals surface area contributed by atoms with Crippen molar-refractivity contribution in [2.75, 3.05) is 20.1 Å². The fraction of sp³-hybridized carbons (Fsp3) is 0.364. The van der Waals surface area contributed by atoms with Gasteiger partial charge in [-0.3, -0.25) is 9.59 Å². The van der Waals surface area contributed by atoms with Gasteiger partial charge in [-0.05, 0) is 13.0 Å². The summed E-state index contributed by atoms with van der Waals surface area (Å²) in [7, 11) is 1.66. The van der Waals surface area contributed by atoms with Crippen LogP contribution in [0.25, 0.3) is 0 Å². The minimum Gasteiger partial charge on any atom is -0.345 e. The van der Waals surface area contributed by atoms with Gasteiger partial charge in [0.2, 0.25) is 5.91 Å². The third-order valence-electron chi connectivity index (χ3n) is 2.37. The minimum atomic E-state index is -0.456. The molecular weight excluding hydrogens is 277 g/mol. The highest BCUT2D eigenvalue weighted by Gasteiger charge is 2.14. The fourth-order valence-corrected chi connectivity index (χ4v) is 1.50. The Hall–Kier alpha value is -1.33. The Balaban J connectivity index is 2.66. The van der Waals surface area contributed by atoms with Crippen LogP contribution in [0.2, 0.25) is 10.2 Å². The molecule has 0 saturated carbocycles. The van der Waals surface area contributed by atoms with Crippen LogP contribution in [0.4, 0.5) is 0 Å². The minimum absolute atomic E-state index is 0.0839. The highest BCUT2D eigenvalue weighted by molar-refractivity contribution is 6.35. The molecule has 18 heavy (non-hydrogen) atoms. The van der Waals surface area contributed by atoms with Gasteiger partial charge < -0.3 is 10.2 Å². The van der Waals surface area contributed by atoms with E-state index in [0.29, 0.717) is 6.54 Å². The molecule has 0 radical (unpaired) electrons. The molecule has 0 aliphatic rings. The summed E-state index contributed by atoms with van der Waals surface area (Å²) in [5.74, 6) is -0.635. The van der Waals surface area contributed by atoms with Crippen LogP contribution in [-0.2, 0) is 4.79 Å². The average Bonchev–Trinajstić information content (AvgIpc) is 2.37. The molecule has 1 rings (SSSR count). The SMILES string of the molecule is CCN(C)C(=O)CNC(=O)c1cc(Cl)ncc1Cl. The van der Waals surface area contributed by atoms with E-state index in [0.717, 1.165) is 0 Å². The maximum absolute atomic E-state index is 11.8. The molecule has 1 N–H and O–H groups in total. The van der Waals surface area contributed by atoms with Gasteiger partial charge in [0, 0.05) is 19.8 Å². The highest BCUT2D eigenvalue weighted by atomic mass is 35.5. The lowest BCUT2D eigenvalue weighted by atomic mass is 10.2. The summed E-state index contributed by atoms with van der Waals surface area (Å²) in [5, 5.41) is 2.84. The summed E-state index contributed by atoms with van der Waals surface area (Å²) in [6.45, 7) is 2.34. The number of likely N-dealkylation sites (N-methyl/N-ethyl adjacent to an activating group) is 1. The number of rotatable bonds is 4. The Morgan fingerprint density at radius 1 is 1.44 bits per heavy atom. The number of aromatic nitrogens is 1. The number of halogens is 2. The fourth-order valence-electron chi connectivity index (χ4n) is 1.15. The molecule has 7 heteroatoms. The van der Waals surface area contributed by atoms with Gasteiger partial charge in [-0.15, -0.1) is 0 Å². The average molecular weight is 290 g/mol. The lowest BCUT2D eigenvalue weighted by Gasteiger charge is -2.14. The zero-order chi connectivity index (χ0) is 13.7. The van der Waals surface area contributed by atoms with Crippen molar-refractivity contribution in [2.24, 2.45) is 0 Å². The third kappa shape index (κ3) is 3.85.